The molecular weight excluding hydrogens is 324 g/mol. The Kier molecular flexibility index (Phi) is 6.35. The molecule has 4 amide bonds. The summed E-state index contributed by atoms with van der Waals surface area (Å²) in [5, 5.41) is 8.39. The highest BCUT2D eigenvalue weighted by Crippen LogP contribution is 2.24. The number of methoxy groups -OCH3 is 1. The van der Waals surface area contributed by atoms with Crippen molar-refractivity contribution in [3.8, 4) is 0 Å². The van der Waals surface area contributed by atoms with E-state index in [-0.39, 0.29) is 36.9 Å². The molecule has 0 radical (unpaired) electrons. The van der Waals surface area contributed by atoms with Gasteiger partial charge < -0.3 is 25.6 Å². The minimum absolute atomic E-state index is 0.0393. The second-order valence-corrected chi connectivity index (χ2v) is 5.99. The highest BCUT2D eigenvalue weighted by atomic mass is 16.5. The van der Waals surface area contributed by atoms with Crippen molar-refractivity contribution in [1.29, 1.82) is 0 Å². The minimum atomic E-state index is -0.271. The predicted molar refractivity (Wildman–Crippen MR) is 94.5 cm³/mol. The number of carbonyl (C=O) groups excluding carboxylic acids is 3. The first-order chi connectivity index (χ1) is 11.9. The van der Waals surface area contributed by atoms with E-state index in [2.05, 4.69) is 16.0 Å². The van der Waals surface area contributed by atoms with Gasteiger partial charge in [0.25, 0.3) is 0 Å². The van der Waals surface area contributed by atoms with Crippen LogP contribution in [0.1, 0.15) is 18.9 Å². The number of anilines is 2. The van der Waals surface area contributed by atoms with E-state index in [1.165, 1.54) is 7.11 Å². The molecule has 0 saturated carbocycles. The van der Waals surface area contributed by atoms with Gasteiger partial charge in [0.05, 0.1) is 0 Å². The average Bonchev–Trinajstić information content (AvgIpc) is 2.73. The second-order valence-electron chi connectivity index (χ2n) is 5.99. The molecule has 1 atom stereocenters. The molecule has 1 saturated heterocycles. The van der Waals surface area contributed by atoms with Crippen molar-refractivity contribution in [2.75, 3.05) is 37.4 Å². The van der Waals surface area contributed by atoms with E-state index in [0.29, 0.717) is 24.5 Å². The molecule has 25 heavy (non-hydrogen) atoms. The van der Waals surface area contributed by atoms with E-state index in [4.69, 9.17) is 4.74 Å². The number of hydrogen-bond donors (Lipinski definition) is 3. The Labute approximate surface area is 146 Å². The van der Waals surface area contributed by atoms with Gasteiger partial charge in [-0.1, -0.05) is 6.07 Å². The topological polar surface area (TPSA) is 99.8 Å². The van der Waals surface area contributed by atoms with Gasteiger partial charge in [-0.15, -0.1) is 0 Å². The number of benzene rings is 1. The fourth-order valence-electron chi connectivity index (χ4n) is 2.62. The summed E-state index contributed by atoms with van der Waals surface area (Å²) in [7, 11) is 1.45. The maximum Gasteiger partial charge on any atom is 0.322 e. The molecule has 1 fully saturated rings. The van der Waals surface area contributed by atoms with Crippen LogP contribution in [-0.2, 0) is 14.3 Å². The molecular formula is C17H24N4O4. The molecule has 8 heteroatoms. The highest BCUT2D eigenvalue weighted by molar-refractivity contribution is 5.96. The van der Waals surface area contributed by atoms with Crippen LogP contribution in [0.4, 0.5) is 16.2 Å². The SMILES string of the molecule is COCC(=O)Nc1cccc(NC(=O)N2CCC(=O)NC[C@@H]2C)c1C. The molecule has 1 heterocycles. The Morgan fingerprint density at radius 1 is 1.32 bits per heavy atom. The zero-order chi connectivity index (χ0) is 18.4. The number of urea groups is 1. The molecule has 1 aromatic rings. The van der Waals surface area contributed by atoms with Crippen molar-refractivity contribution in [1.82, 2.24) is 10.2 Å². The first kappa shape index (κ1) is 18.7. The fraction of sp³-hybridized carbons (Fsp3) is 0.471. The van der Waals surface area contributed by atoms with Crippen molar-refractivity contribution in [3.63, 3.8) is 0 Å². The minimum Gasteiger partial charge on any atom is -0.375 e. The van der Waals surface area contributed by atoms with Gasteiger partial charge >= 0.3 is 6.03 Å². The lowest BCUT2D eigenvalue weighted by Crippen LogP contribution is -2.44. The van der Waals surface area contributed by atoms with Gasteiger partial charge in [0, 0.05) is 44.0 Å². The number of amides is 4. The first-order valence-corrected chi connectivity index (χ1v) is 8.15. The van der Waals surface area contributed by atoms with E-state index < -0.39 is 0 Å². The maximum atomic E-state index is 12.6. The third-order valence-corrected chi connectivity index (χ3v) is 4.09. The lowest BCUT2D eigenvalue weighted by Gasteiger charge is -2.27. The van der Waals surface area contributed by atoms with Crippen LogP contribution in [0.3, 0.4) is 0 Å². The van der Waals surface area contributed by atoms with Crippen LogP contribution in [0, 0.1) is 6.92 Å². The van der Waals surface area contributed by atoms with E-state index >= 15 is 0 Å². The first-order valence-electron chi connectivity index (χ1n) is 8.15. The molecule has 0 spiro atoms. The van der Waals surface area contributed by atoms with Crippen LogP contribution in [0.5, 0.6) is 0 Å². The van der Waals surface area contributed by atoms with Gasteiger partial charge in [0.15, 0.2) is 0 Å². The van der Waals surface area contributed by atoms with Gasteiger partial charge in [0.1, 0.15) is 6.61 Å². The van der Waals surface area contributed by atoms with Crippen molar-refractivity contribution < 1.29 is 19.1 Å². The molecule has 0 unspecified atom stereocenters. The van der Waals surface area contributed by atoms with Crippen LogP contribution in [-0.4, -0.2) is 55.6 Å². The quantitative estimate of drug-likeness (QED) is 0.764. The monoisotopic (exact) mass is 348 g/mol. The Morgan fingerprint density at radius 3 is 2.68 bits per heavy atom. The summed E-state index contributed by atoms with van der Waals surface area (Å²) in [6.45, 7) is 4.46. The molecule has 136 valence electrons. The Bertz CT molecular complexity index is 662. The summed E-state index contributed by atoms with van der Waals surface area (Å²) in [5.74, 6) is -0.319. The van der Waals surface area contributed by atoms with E-state index in [1.807, 2.05) is 13.8 Å². The summed E-state index contributed by atoms with van der Waals surface area (Å²) < 4.78 is 4.80. The Hall–Kier alpha value is -2.61. The molecule has 2 rings (SSSR count). The van der Waals surface area contributed by atoms with Crippen LogP contribution < -0.4 is 16.0 Å². The second kappa shape index (κ2) is 8.48. The van der Waals surface area contributed by atoms with E-state index in [1.54, 1.807) is 23.1 Å². The van der Waals surface area contributed by atoms with Crippen LogP contribution in [0.15, 0.2) is 18.2 Å². The van der Waals surface area contributed by atoms with Crippen LogP contribution >= 0.6 is 0 Å². The molecule has 3 N–H and O–H groups in total. The van der Waals surface area contributed by atoms with E-state index in [0.717, 1.165) is 5.56 Å². The Morgan fingerprint density at radius 2 is 2.00 bits per heavy atom. The molecule has 0 aromatic heterocycles. The van der Waals surface area contributed by atoms with Crippen LogP contribution in [0.25, 0.3) is 0 Å². The van der Waals surface area contributed by atoms with E-state index in [9.17, 15) is 14.4 Å². The van der Waals surface area contributed by atoms with Gasteiger partial charge in [-0.05, 0) is 31.5 Å². The lowest BCUT2D eigenvalue weighted by molar-refractivity contribution is -0.121. The van der Waals surface area contributed by atoms with Crippen LogP contribution in [0.2, 0.25) is 0 Å². The number of nitrogens with one attached hydrogen (secondary N) is 3. The standard InChI is InChI=1S/C17H24N4O4/c1-11-9-18-15(22)7-8-21(11)17(24)20-14-6-4-5-13(12(14)2)19-16(23)10-25-3/h4-6,11H,7-10H2,1-3H3,(H,18,22)(H,19,23)(H,20,24)/t11-/m0/s1. The third kappa shape index (κ3) is 4.93. The van der Waals surface area contributed by atoms with Crippen molar-refractivity contribution in [2.24, 2.45) is 0 Å². The summed E-state index contributed by atoms with van der Waals surface area (Å²) in [6.07, 6.45) is 0.282. The zero-order valence-corrected chi connectivity index (χ0v) is 14.7. The smallest absolute Gasteiger partial charge is 0.322 e. The molecule has 1 aromatic carbocycles. The molecule has 0 bridgehead atoms. The molecule has 8 nitrogen and oxygen atoms in total. The molecule has 1 aliphatic heterocycles. The summed E-state index contributed by atoms with van der Waals surface area (Å²) in [5.41, 5.74) is 1.97. The largest absolute Gasteiger partial charge is 0.375 e. The van der Waals surface area contributed by atoms with Crippen molar-refractivity contribution in [2.45, 2.75) is 26.3 Å². The highest BCUT2D eigenvalue weighted by Gasteiger charge is 2.25. The number of hydrogen-bond acceptors (Lipinski definition) is 4. The van der Waals surface area contributed by atoms with Gasteiger partial charge in [-0.2, -0.15) is 0 Å². The number of rotatable bonds is 4. The Balaban J connectivity index is 2.10. The number of ether oxygens (including phenoxy) is 1. The summed E-state index contributed by atoms with van der Waals surface area (Å²) >= 11 is 0. The fourth-order valence-corrected chi connectivity index (χ4v) is 2.62. The summed E-state index contributed by atoms with van der Waals surface area (Å²) in [4.78, 5) is 37.4. The zero-order valence-electron chi connectivity index (χ0n) is 14.7. The van der Waals surface area contributed by atoms with Gasteiger partial charge in [0.2, 0.25) is 11.8 Å². The maximum absolute atomic E-state index is 12.6. The normalized spacial score (nSPS) is 17.5. The van der Waals surface area contributed by atoms with Crippen molar-refractivity contribution >= 4 is 29.2 Å². The lowest BCUT2D eigenvalue weighted by atomic mass is 10.1. The molecule has 0 aliphatic carbocycles. The van der Waals surface area contributed by atoms with Crippen molar-refractivity contribution in [3.05, 3.63) is 23.8 Å². The molecule has 1 aliphatic rings. The van der Waals surface area contributed by atoms with Gasteiger partial charge in [-0.3, -0.25) is 9.59 Å². The average molecular weight is 348 g/mol. The third-order valence-electron chi connectivity index (χ3n) is 4.09. The van der Waals surface area contributed by atoms with Gasteiger partial charge in [-0.25, -0.2) is 4.79 Å². The number of nitrogens with zero attached hydrogens (tertiary/aromatic N) is 1. The summed E-state index contributed by atoms with van der Waals surface area (Å²) in [6, 6.07) is 4.91. The number of carbonyl (C=O) groups is 3. The predicted octanol–water partition coefficient (Wildman–Crippen LogP) is 1.32.